The Kier molecular flexibility index (Phi) is 8.63. The standard InChI is InChI=1S/C2H5B7NO2P/c3-5-6-7-8-9-13(4)1-12-2(10)11/h3H,1H2,(H2,10,11). The van der Waals surface area contributed by atoms with Gasteiger partial charge >= 0.3 is 82.5 Å². The van der Waals surface area contributed by atoms with Crippen LogP contribution in [0.4, 0.5) is 4.79 Å². The van der Waals surface area contributed by atoms with E-state index in [2.05, 4.69) is 12.1 Å². The van der Waals surface area contributed by atoms with E-state index in [4.69, 9.17) is 12.7 Å². The molecule has 0 bridgehead atoms. The van der Waals surface area contributed by atoms with Crippen LogP contribution in [-0.4, -0.2) is 60.1 Å². The molecule has 0 spiro atoms. The Balaban J connectivity index is 3.76. The van der Waals surface area contributed by atoms with E-state index < -0.39 is 13.2 Å². The Morgan fingerprint density at radius 3 is 2.77 bits per heavy atom. The number of ether oxygens (including phenoxy) is 1. The number of rotatable bonds is 3. The molecule has 0 aromatic heterocycles. The second-order valence-electron chi connectivity index (χ2n) is 2.07. The van der Waals surface area contributed by atoms with Crippen molar-refractivity contribution in [2.45, 2.75) is 0 Å². The maximum absolute atomic E-state index is 10.2. The first-order valence-corrected chi connectivity index (χ1v) is 5.23. The third kappa shape index (κ3) is 9.94. The first kappa shape index (κ1) is 13.0. The zero-order valence-corrected chi connectivity index (χ0v) is 8.11. The van der Waals surface area contributed by atoms with Crippen LogP contribution in [0.25, 0.3) is 0 Å². The Hall–Kier alpha value is 0.0245. The summed E-state index contributed by atoms with van der Waals surface area (Å²) in [5.74, 6) is 0. The molecule has 1 atom stereocenters. The molecular weight excluding hydrogens is 177 g/mol. The summed E-state index contributed by atoms with van der Waals surface area (Å²) in [6.45, 7) is 8.76. The zero-order valence-electron chi connectivity index (χ0n) is 7.22. The third-order valence-electron chi connectivity index (χ3n) is 0.992. The van der Waals surface area contributed by atoms with Crippen molar-refractivity contribution in [2.24, 2.45) is 5.73 Å². The Labute approximate surface area is 83.0 Å². The summed E-state index contributed by atoms with van der Waals surface area (Å²) >= 11 is 0. The molecule has 0 aromatic carbocycles. The molecule has 56 valence electrons. The van der Waals surface area contributed by atoms with Crippen molar-refractivity contribution >= 4 is 60.9 Å². The van der Waals surface area contributed by atoms with E-state index in [1.54, 1.807) is 33.3 Å². The van der Waals surface area contributed by atoms with Crippen LogP contribution >= 0.6 is 7.12 Å². The maximum atomic E-state index is 10.2. The van der Waals surface area contributed by atoms with Gasteiger partial charge in [-0.2, -0.15) is 0 Å². The molecular formula is C2H5B7NO2P. The normalized spacial score (nSPS) is 9.15. The fraction of sp³-hybridized carbons (Fsp3) is 0.500. The van der Waals surface area contributed by atoms with E-state index in [0.29, 0.717) is 0 Å². The molecule has 0 saturated heterocycles. The summed E-state index contributed by atoms with van der Waals surface area (Å²) in [4.78, 5) is 10.2. The first-order chi connectivity index (χ1) is 6.16. The Morgan fingerprint density at radius 2 is 2.23 bits per heavy atom. The average molecular weight is 182 g/mol. The molecule has 0 fully saturated rings. The molecule has 11 heteroatoms. The molecule has 1 amide bonds. The SMILES string of the molecule is B#P(B=BB=BB=B)COC(N)=O. The van der Waals surface area contributed by atoms with Gasteiger partial charge in [-0.15, -0.1) is 0 Å². The number of carbonyl (C=O) groups excluding carboxylic acids is 1. The third-order valence-corrected chi connectivity index (χ3v) is 1.97. The van der Waals surface area contributed by atoms with Crippen molar-refractivity contribution in [3.63, 3.8) is 0 Å². The predicted octanol–water partition coefficient (Wildman–Crippen LogP) is -2.48. The first-order valence-electron chi connectivity index (χ1n) is 3.56. The second-order valence-corrected chi connectivity index (χ2v) is 3.65. The molecule has 0 aromatic rings. The van der Waals surface area contributed by atoms with Gasteiger partial charge in [-0.1, -0.05) is 0 Å². The van der Waals surface area contributed by atoms with Gasteiger partial charge in [-0.05, 0) is 0 Å². The molecule has 0 aliphatic rings. The van der Waals surface area contributed by atoms with Crippen molar-refractivity contribution < 1.29 is 9.53 Å². The van der Waals surface area contributed by atoms with Gasteiger partial charge in [0.25, 0.3) is 0 Å². The van der Waals surface area contributed by atoms with Gasteiger partial charge in [0.15, 0.2) is 0 Å². The minimum atomic E-state index is -0.919. The molecule has 13 heavy (non-hydrogen) atoms. The average Bonchev–Trinajstić information content (AvgIpc) is 2.09. The van der Waals surface area contributed by atoms with Gasteiger partial charge < -0.3 is 0 Å². The minimum absolute atomic E-state index is 0.156. The van der Waals surface area contributed by atoms with Crippen molar-refractivity contribution in [1.82, 2.24) is 0 Å². The van der Waals surface area contributed by atoms with Crippen LogP contribution in [0.1, 0.15) is 0 Å². The second kappa shape index (κ2) is 8.62. The van der Waals surface area contributed by atoms with E-state index in [-0.39, 0.29) is 6.35 Å². The molecule has 0 aliphatic carbocycles. The van der Waals surface area contributed by atoms with Gasteiger partial charge in [0.05, 0.1) is 0 Å². The van der Waals surface area contributed by atoms with Crippen molar-refractivity contribution in [3.05, 3.63) is 0 Å². The summed E-state index contributed by atoms with van der Waals surface area (Å²) in [6.07, 6.45) is -0.642. The molecule has 3 nitrogen and oxygen atoms in total. The molecule has 0 radical (unpaired) electrons. The van der Waals surface area contributed by atoms with E-state index in [0.717, 1.165) is 0 Å². The monoisotopic (exact) mass is 183 g/mol. The molecule has 0 aliphatic heterocycles. The summed E-state index contributed by atoms with van der Waals surface area (Å²) in [5, 5.41) is 0. The van der Waals surface area contributed by atoms with Crippen molar-refractivity contribution in [2.75, 3.05) is 6.35 Å². The zero-order chi connectivity index (χ0) is 10.1. The van der Waals surface area contributed by atoms with Crippen LogP contribution in [0.5, 0.6) is 0 Å². The topological polar surface area (TPSA) is 52.3 Å². The molecule has 1 unspecified atom stereocenters. The van der Waals surface area contributed by atoms with Crippen LogP contribution in [0.3, 0.4) is 0 Å². The molecule has 0 saturated carbocycles. The predicted molar refractivity (Wildman–Crippen MR) is 64.1 cm³/mol. The van der Waals surface area contributed by atoms with Crippen LogP contribution in [0.2, 0.25) is 0 Å². The summed E-state index contributed by atoms with van der Waals surface area (Å²) in [6, 6.07) is 0. The van der Waals surface area contributed by atoms with Gasteiger partial charge in [0, 0.05) is 0 Å². The quantitative estimate of drug-likeness (QED) is 0.387. The number of nitrogens with two attached hydrogens (primary N) is 1. The number of hydrogen-bond acceptors (Lipinski definition) is 2. The Bertz CT molecular complexity index is 303. The van der Waals surface area contributed by atoms with Crippen LogP contribution in [-0.2, 0) is 4.74 Å². The fourth-order valence-electron chi connectivity index (χ4n) is 0.484. The van der Waals surface area contributed by atoms with E-state index in [1.165, 1.54) is 0 Å². The van der Waals surface area contributed by atoms with E-state index in [9.17, 15) is 4.79 Å². The van der Waals surface area contributed by atoms with Crippen molar-refractivity contribution in [3.8, 4) is 0 Å². The molecule has 0 heterocycles. The summed E-state index contributed by atoms with van der Waals surface area (Å²) < 4.78 is 4.51. The van der Waals surface area contributed by atoms with E-state index >= 15 is 0 Å². The molecule has 0 rings (SSSR count). The van der Waals surface area contributed by atoms with E-state index in [1.807, 2.05) is 0 Å². The van der Waals surface area contributed by atoms with Crippen LogP contribution in [0.15, 0.2) is 0 Å². The van der Waals surface area contributed by atoms with Crippen molar-refractivity contribution in [1.29, 1.82) is 0 Å². The van der Waals surface area contributed by atoms with Crippen LogP contribution < -0.4 is 5.73 Å². The van der Waals surface area contributed by atoms with Gasteiger partial charge in [0.1, 0.15) is 0 Å². The van der Waals surface area contributed by atoms with Gasteiger partial charge in [0.2, 0.25) is 0 Å². The number of amides is 1. The number of primary amides is 1. The van der Waals surface area contributed by atoms with Gasteiger partial charge in [-0.3, -0.25) is 0 Å². The Morgan fingerprint density at radius 1 is 1.54 bits per heavy atom. The number of carbonyl (C=O) groups is 1. The van der Waals surface area contributed by atoms with Crippen LogP contribution in [0, 0.1) is 0 Å². The summed E-state index contributed by atoms with van der Waals surface area (Å²) in [5.41, 5.74) is 4.76. The molecule has 2 N–H and O–H groups in total. The fourth-order valence-corrected chi connectivity index (χ4v) is 1.17. The van der Waals surface area contributed by atoms with Gasteiger partial charge in [-0.25, -0.2) is 0 Å². The number of hydrogen-bond donors (Lipinski definition) is 1. The summed E-state index contributed by atoms with van der Waals surface area (Å²) in [7, 11) is 8.18.